The van der Waals surface area contributed by atoms with Crippen molar-refractivity contribution in [1.29, 1.82) is 0 Å². The smallest absolute Gasteiger partial charge is 0.264 e. The molecule has 5 nitrogen and oxygen atoms in total. The van der Waals surface area contributed by atoms with E-state index >= 15 is 0 Å². The minimum absolute atomic E-state index is 0.0300. The largest absolute Gasteiger partial charge is 0.323 e. The molecule has 0 bridgehead atoms. The number of para-hydroxylation sites is 1. The molecule has 0 aliphatic rings. The molecule has 8 heteroatoms. The lowest BCUT2D eigenvalue weighted by Gasteiger charge is -2.20. The first-order chi connectivity index (χ1) is 13.8. The fourth-order valence-electron chi connectivity index (χ4n) is 2.67. The van der Waals surface area contributed by atoms with Gasteiger partial charge in [0, 0.05) is 12.1 Å². The first-order valence-electron chi connectivity index (χ1n) is 8.65. The molecule has 0 fully saturated rings. The van der Waals surface area contributed by atoms with E-state index in [9.17, 15) is 17.6 Å². The van der Waals surface area contributed by atoms with Crippen LogP contribution < -0.4 is 9.62 Å². The van der Waals surface area contributed by atoms with Crippen molar-refractivity contribution in [3.63, 3.8) is 0 Å². The molecule has 0 aliphatic carbocycles. The number of carbonyl (C=O) groups is 1. The van der Waals surface area contributed by atoms with Crippen LogP contribution in [0.4, 0.5) is 15.8 Å². The molecule has 1 amide bonds. The number of benzene rings is 3. The van der Waals surface area contributed by atoms with Crippen molar-refractivity contribution in [2.45, 2.75) is 11.3 Å². The number of rotatable bonds is 6. The van der Waals surface area contributed by atoms with Gasteiger partial charge in [0.05, 0.1) is 22.7 Å². The molecule has 0 radical (unpaired) electrons. The van der Waals surface area contributed by atoms with Crippen molar-refractivity contribution in [2.75, 3.05) is 16.7 Å². The number of sulfonamides is 1. The summed E-state index contributed by atoms with van der Waals surface area (Å²) < 4.78 is 40.2. The van der Waals surface area contributed by atoms with Crippen molar-refractivity contribution in [3.05, 3.63) is 89.2 Å². The van der Waals surface area contributed by atoms with Gasteiger partial charge in [0.1, 0.15) is 5.82 Å². The maximum absolute atomic E-state index is 13.6. The number of hydrogen-bond acceptors (Lipinski definition) is 3. The van der Waals surface area contributed by atoms with Gasteiger partial charge < -0.3 is 5.32 Å². The van der Waals surface area contributed by atoms with Crippen LogP contribution in [0.25, 0.3) is 0 Å². The monoisotopic (exact) mass is 432 g/mol. The predicted octanol–water partition coefficient (Wildman–Crippen LogP) is 4.49. The summed E-state index contributed by atoms with van der Waals surface area (Å²) in [5, 5.41) is 2.96. The molecule has 0 atom stereocenters. The van der Waals surface area contributed by atoms with Gasteiger partial charge in [-0.25, -0.2) is 12.8 Å². The summed E-state index contributed by atoms with van der Waals surface area (Å²) in [6.45, 7) is 0. The lowest BCUT2D eigenvalue weighted by molar-refractivity contribution is -0.115. The van der Waals surface area contributed by atoms with E-state index in [1.165, 1.54) is 49.5 Å². The summed E-state index contributed by atoms with van der Waals surface area (Å²) >= 11 is 5.82. The highest BCUT2D eigenvalue weighted by Gasteiger charge is 2.21. The standard InChI is InChI=1S/C21H18ClFN2O3S/c1-25(29(27,28)18-12-8-16(22)9-13-18)17-10-6-15(7-11-17)14-21(26)24-20-5-3-2-4-19(20)23/h2-13H,14H2,1H3,(H,24,26). The highest BCUT2D eigenvalue weighted by molar-refractivity contribution is 7.92. The Kier molecular flexibility index (Phi) is 6.20. The van der Waals surface area contributed by atoms with Gasteiger partial charge in [0.25, 0.3) is 10.0 Å². The molecular formula is C21H18ClFN2O3S. The Bertz CT molecular complexity index is 1120. The van der Waals surface area contributed by atoms with Gasteiger partial charge in [-0.1, -0.05) is 35.9 Å². The zero-order valence-electron chi connectivity index (χ0n) is 15.5. The first kappa shape index (κ1) is 20.8. The van der Waals surface area contributed by atoms with E-state index in [2.05, 4.69) is 5.32 Å². The van der Waals surface area contributed by atoms with Crippen LogP contribution in [0.15, 0.2) is 77.7 Å². The van der Waals surface area contributed by atoms with Gasteiger partial charge in [0.2, 0.25) is 5.91 Å². The SMILES string of the molecule is CN(c1ccc(CC(=O)Nc2ccccc2F)cc1)S(=O)(=O)c1ccc(Cl)cc1. The zero-order valence-corrected chi connectivity index (χ0v) is 17.0. The predicted molar refractivity (Wildman–Crippen MR) is 112 cm³/mol. The topological polar surface area (TPSA) is 66.5 Å². The van der Waals surface area contributed by atoms with E-state index in [0.29, 0.717) is 16.3 Å². The summed E-state index contributed by atoms with van der Waals surface area (Å²) in [6, 6.07) is 18.4. The summed E-state index contributed by atoms with van der Waals surface area (Å²) in [6.07, 6.45) is 0.0300. The molecule has 3 aromatic carbocycles. The molecule has 0 saturated heterocycles. The average Bonchev–Trinajstić information content (AvgIpc) is 2.70. The second-order valence-corrected chi connectivity index (χ2v) is 8.70. The van der Waals surface area contributed by atoms with E-state index in [0.717, 1.165) is 4.31 Å². The van der Waals surface area contributed by atoms with E-state index in [-0.39, 0.29) is 22.9 Å². The van der Waals surface area contributed by atoms with E-state index in [4.69, 9.17) is 11.6 Å². The number of nitrogens with one attached hydrogen (secondary N) is 1. The summed E-state index contributed by atoms with van der Waals surface area (Å²) in [4.78, 5) is 12.3. The summed E-state index contributed by atoms with van der Waals surface area (Å²) in [7, 11) is -2.29. The van der Waals surface area contributed by atoms with Gasteiger partial charge >= 0.3 is 0 Å². The quantitative estimate of drug-likeness (QED) is 0.624. The molecule has 1 N–H and O–H groups in total. The van der Waals surface area contributed by atoms with Crippen molar-refractivity contribution >= 4 is 38.9 Å². The number of amides is 1. The zero-order chi connectivity index (χ0) is 21.0. The van der Waals surface area contributed by atoms with Gasteiger partial charge in [-0.15, -0.1) is 0 Å². The molecule has 29 heavy (non-hydrogen) atoms. The van der Waals surface area contributed by atoms with Crippen molar-refractivity contribution < 1.29 is 17.6 Å². The molecule has 150 valence electrons. The van der Waals surface area contributed by atoms with E-state index < -0.39 is 15.8 Å². The number of hydrogen-bond donors (Lipinski definition) is 1. The van der Waals surface area contributed by atoms with Gasteiger partial charge in [-0.3, -0.25) is 9.10 Å². The fourth-order valence-corrected chi connectivity index (χ4v) is 3.99. The minimum atomic E-state index is -3.74. The highest BCUT2D eigenvalue weighted by atomic mass is 35.5. The summed E-state index contributed by atoms with van der Waals surface area (Å²) in [5.41, 5.74) is 1.22. The Hall–Kier alpha value is -2.90. The Balaban J connectivity index is 1.70. The molecule has 3 rings (SSSR count). The molecule has 0 spiro atoms. The van der Waals surface area contributed by atoms with Gasteiger partial charge in [-0.05, 0) is 54.1 Å². The number of halogens is 2. The van der Waals surface area contributed by atoms with Crippen molar-refractivity contribution in [1.82, 2.24) is 0 Å². The molecule has 0 aromatic heterocycles. The molecule has 0 heterocycles. The first-order valence-corrected chi connectivity index (χ1v) is 10.5. The Morgan fingerprint density at radius 2 is 1.62 bits per heavy atom. The van der Waals surface area contributed by atoms with Crippen LogP contribution in [0.5, 0.6) is 0 Å². The average molecular weight is 433 g/mol. The number of nitrogens with zero attached hydrogens (tertiary/aromatic N) is 1. The van der Waals surface area contributed by atoms with Gasteiger partial charge in [0.15, 0.2) is 0 Å². The second kappa shape index (κ2) is 8.63. The van der Waals surface area contributed by atoms with Gasteiger partial charge in [-0.2, -0.15) is 0 Å². The third-order valence-electron chi connectivity index (χ3n) is 4.28. The second-order valence-electron chi connectivity index (χ2n) is 6.30. The molecule has 0 aliphatic heterocycles. The molecular weight excluding hydrogens is 415 g/mol. The van der Waals surface area contributed by atoms with Crippen molar-refractivity contribution in [3.8, 4) is 0 Å². The van der Waals surface area contributed by atoms with Crippen LogP contribution in [0.2, 0.25) is 5.02 Å². The molecule has 0 saturated carbocycles. The lowest BCUT2D eigenvalue weighted by Crippen LogP contribution is -2.26. The van der Waals surface area contributed by atoms with Crippen LogP contribution >= 0.6 is 11.6 Å². The van der Waals surface area contributed by atoms with Crippen LogP contribution in [-0.4, -0.2) is 21.4 Å². The van der Waals surface area contributed by atoms with Crippen LogP contribution in [0, 0.1) is 5.82 Å². The maximum Gasteiger partial charge on any atom is 0.264 e. The Morgan fingerprint density at radius 1 is 1.00 bits per heavy atom. The third-order valence-corrected chi connectivity index (χ3v) is 6.34. The normalized spacial score (nSPS) is 11.1. The maximum atomic E-state index is 13.6. The Labute approximate surface area is 173 Å². The number of anilines is 2. The number of carbonyl (C=O) groups excluding carboxylic acids is 1. The van der Waals surface area contributed by atoms with Crippen LogP contribution in [0.1, 0.15) is 5.56 Å². The van der Waals surface area contributed by atoms with Crippen molar-refractivity contribution in [2.24, 2.45) is 0 Å². The molecule has 0 unspecified atom stereocenters. The summed E-state index contributed by atoms with van der Waals surface area (Å²) in [5.74, 6) is -0.879. The van der Waals surface area contributed by atoms with Crippen LogP contribution in [0.3, 0.4) is 0 Å². The van der Waals surface area contributed by atoms with E-state index in [1.807, 2.05) is 0 Å². The fraction of sp³-hybridized carbons (Fsp3) is 0.0952. The lowest BCUT2D eigenvalue weighted by atomic mass is 10.1. The highest BCUT2D eigenvalue weighted by Crippen LogP contribution is 2.24. The molecule has 3 aromatic rings. The van der Waals surface area contributed by atoms with E-state index in [1.54, 1.807) is 30.3 Å². The Morgan fingerprint density at radius 3 is 2.24 bits per heavy atom. The third kappa shape index (κ3) is 4.93. The van der Waals surface area contributed by atoms with Crippen LogP contribution in [-0.2, 0) is 21.2 Å². The minimum Gasteiger partial charge on any atom is -0.323 e.